The van der Waals surface area contributed by atoms with E-state index in [4.69, 9.17) is 5.11 Å². The summed E-state index contributed by atoms with van der Waals surface area (Å²) >= 11 is 2.89. The number of hydrogen-bond acceptors (Lipinski definition) is 4. The van der Waals surface area contributed by atoms with Crippen LogP contribution in [-0.2, 0) is 0 Å². The largest absolute Gasteiger partial charge is 0.477 e. The van der Waals surface area contributed by atoms with Crippen LogP contribution >= 0.6 is 23.1 Å². The molecule has 0 aliphatic carbocycles. The molecule has 92 valence electrons. The van der Waals surface area contributed by atoms with Crippen molar-refractivity contribution in [3.8, 4) is 0 Å². The van der Waals surface area contributed by atoms with Gasteiger partial charge in [-0.3, -0.25) is 4.79 Å². The number of thioether (sulfide) groups is 1. The van der Waals surface area contributed by atoms with Gasteiger partial charge in [-0.2, -0.15) is 11.8 Å². The fraction of sp³-hybridized carbons (Fsp3) is 0.455. The highest BCUT2D eigenvalue weighted by molar-refractivity contribution is 7.99. The zero-order valence-corrected chi connectivity index (χ0v) is 11.0. The Kier molecular flexibility index (Phi) is 3.73. The number of nitrogens with zero attached hydrogens (tertiary/aromatic N) is 1. The molecule has 1 fully saturated rings. The lowest BCUT2D eigenvalue weighted by molar-refractivity contribution is 0.0701. The van der Waals surface area contributed by atoms with Crippen LogP contribution < -0.4 is 0 Å². The van der Waals surface area contributed by atoms with Crippen molar-refractivity contribution in [2.45, 2.75) is 12.5 Å². The molecule has 0 saturated carbocycles. The number of rotatable bonds is 3. The van der Waals surface area contributed by atoms with Crippen LogP contribution in [0.5, 0.6) is 0 Å². The molecule has 1 aromatic heterocycles. The number of carboxylic acids is 1. The fourth-order valence-corrected chi connectivity index (χ4v) is 3.83. The highest BCUT2D eigenvalue weighted by Gasteiger charge is 2.25. The van der Waals surface area contributed by atoms with Crippen LogP contribution in [0.4, 0.5) is 0 Å². The molecule has 1 aromatic rings. The molecule has 1 atom stereocenters. The minimum absolute atomic E-state index is 0.0741. The predicted octanol–water partition coefficient (Wildman–Crippen LogP) is 2.02. The molecule has 0 radical (unpaired) electrons. The first-order valence-electron chi connectivity index (χ1n) is 5.27. The van der Waals surface area contributed by atoms with Gasteiger partial charge in [0, 0.05) is 18.8 Å². The van der Waals surface area contributed by atoms with Crippen molar-refractivity contribution in [2.24, 2.45) is 0 Å². The summed E-state index contributed by atoms with van der Waals surface area (Å²) < 4.78 is 0. The minimum atomic E-state index is -0.979. The Labute approximate surface area is 108 Å². The lowest BCUT2D eigenvalue weighted by atomic mass is 10.2. The van der Waals surface area contributed by atoms with E-state index in [0.717, 1.165) is 29.3 Å². The Bertz CT molecular complexity index is 438. The smallest absolute Gasteiger partial charge is 0.345 e. The van der Waals surface area contributed by atoms with Crippen LogP contribution in [0.1, 0.15) is 25.8 Å². The maximum Gasteiger partial charge on any atom is 0.345 e. The normalized spacial score (nSPS) is 19.2. The maximum atomic E-state index is 12.1. The molecule has 1 aliphatic heterocycles. The molecular formula is C11H13NO3S2. The van der Waals surface area contributed by atoms with Gasteiger partial charge >= 0.3 is 5.97 Å². The van der Waals surface area contributed by atoms with Crippen molar-refractivity contribution in [1.29, 1.82) is 0 Å². The molecule has 17 heavy (non-hydrogen) atoms. The zero-order valence-electron chi connectivity index (χ0n) is 9.38. The van der Waals surface area contributed by atoms with Crippen LogP contribution in [0.2, 0.25) is 0 Å². The highest BCUT2D eigenvalue weighted by Crippen LogP contribution is 2.24. The van der Waals surface area contributed by atoms with Crippen molar-refractivity contribution >= 4 is 35.0 Å². The van der Waals surface area contributed by atoms with Crippen LogP contribution in [0.3, 0.4) is 0 Å². The number of hydrogen-bond donors (Lipinski definition) is 1. The van der Waals surface area contributed by atoms with Crippen molar-refractivity contribution in [2.75, 3.05) is 18.6 Å². The summed E-state index contributed by atoms with van der Waals surface area (Å²) in [5, 5.41) is 8.81. The number of carboxylic acid groups (broad SMARTS) is 1. The van der Waals surface area contributed by atoms with Gasteiger partial charge in [-0.05, 0) is 24.3 Å². The molecule has 0 aromatic carbocycles. The number of carbonyl (C=O) groups excluding carboxylic acids is 1. The molecule has 1 unspecified atom stereocenters. The second-order valence-electron chi connectivity index (χ2n) is 3.90. The third-order valence-electron chi connectivity index (χ3n) is 2.80. The molecule has 0 spiro atoms. The summed E-state index contributed by atoms with van der Waals surface area (Å²) in [4.78, 5) is 25.3. The Morgan fingerprint density at radius 1 is 1.41 bits per heavy atom. The second-order valence-corrected chi connectivity index (χ2v) is 6.14. The van der Waals surface area contributed by atoms with E-state index >= 15 is 0 Å². The molecule has 2 heterocycles. The molecule has 2 rings (SSSR count). The predicted molar refractivity (Wildman–Crippen MR) is 69.1 cm³/mol. The molecule has 1 saturated heterocycles. The Morgan fingerprint density at radius 3 is 2.65 bits per heavy atom. The van der Waals surface area contributed by atoms with E-state index in [2.05, 4.69) is 0 Å². The topological polar surface area (TPSA) is 57.6 Å². The first-order chi connectivity index (χ1) is 8.09. The van der Waals surface area contributed by atoms with Gasteiger partial charge < -0.3 is 10.0 Å². The average Bonchev–Trinajstić information content (AvgIpc) is 2.97. The summed E-state index contributed by atoms with van der Waals surface area (Å²) in [6.45, 7) is 0. The number of amides is 1. The van der Waals surface area contributed by atoms with Crippen LogP contribution in [0, 0.1) is 0 Å². The Balaban J connectivity index is 2.09. The number of thiophene rings is 1. The lowest BCUT2D eigenvalue weighted by Gasteiger charge is -2.22. The van der Waals surface area contributed by atoms with Crippen LogP contribution in [0.25, 0.3) is 0 Å². The maximum absolute atomic E-state index is 12.1. The molecule has 4 nitrogen and oxygen atoms in total. The zero-order chi connectivity index (χ0) is 12.4. The lowest BCUT2D eigenvalue weighted by Crippen LogP contribution is -2.36. The van der Waals surface area contributed by atoms with E-state index in [0.29, 0.717) is 4.88 Å². The molecule has 1 N–H and O–H groups in total. The highest BCUT2D eigenvalue weighted by atomic mass is 32.2. The summed E-state index contributed by atoms with van der Waals surface area (Å²) in [6.07, 6.45) is 1.02. The second kappa shape index (κ2) is 5.10. The van der Waals surface area contributed by atoms with E-state index in [1.54, 1.807) is 18.0 Å². The van der Waals surface area contributed by atoms with Crippen molar-refractivity contribution in [1.82, 2.24) is 4.90 Å². The van der Waals surface area contributed by atoms with Gasteiger partial charge in [0.15, 0.2) is 0 Å². The summed E-state index contributed by atoms with van der Waals surface area (Å²) in [5.74, 6) is 1.01. The molecular weight excluding hydrogens is 258 g/mol. The summed E-state index contributed by atoms with van der Waals surface area (Å²) in [7, 11) is 1.79. The van der Waals surface area contributed by atoms with Gasteiger partial charge in [0.2, 0.25) is 0 Å². The van der Waals surface area contributed by atoms with Crippen LogP contribution in [0.15, 0.2) is 12.1 Å². The van der Waals surface area contributed by atoms with Crippen molar-refractivity contribution in [3.05, 3.63) is 21.9 Å². The van der Waals surface area contributed by atoms with E-state index in [1.165, 1.54) is 6.07 Å². The number of carbonyl (C=O) groups is 2. The SMILES string of the molecule is CN(C(=O)c1ccc(C(=O)O)s1)C1CCSC1. The minimum Gasteiger partial charge on any atom is -0.477 e. The third-order valence-corrected chi connectivity index (χ3v) is 5.01. The monoisotopic (exact) mass is 271 g/mol. The van der Waals surface area contributed by atoms with E-state index in [9.17, 15) is 9.59 Å². The quantitative estimate of drug-likeness (QED) is 0.914. The third kappa shape index (κ3) is 2.63. The molecule has 1 amide bonds. The first-order valence-corrected chi connectivity index (χ1v) is 7.24. The van der Waals surface area contributed by atoms with Crippen molar-refractivity contribution < 1.29 is 14.7 Å². The van der Waals surface area contributed by atoms with Gasteiger partial charge in [0.1, 0.15) is 4.88 Å². The Morgan fingerprint density at radius 2 is 2.12 bits per heavy atom. The van der Waals surface area contributed by atoms with Gasteiger partial charge in [-0.15, -0.1) is 11.3 Å². The van der Waals surface area contributed by atoms with E-state index < -0.39 is 5.97 Å². The van der Waals surface area contributed by atoms with E-state index in [1.807, 2.05) is 11.8 Å². The van der Waals surface area contributed by atoms with Crippen molar-refractivity contribution in [3.63, 3.8) is 0 Å². The van der Waals surface area contributed by atoms with Gasteiger partial charge in [-0.25, -0.2) is 4.79 Å². The van der Waals surface area contributed by atoms with Crippen LogP contribution in [-0.4, -0.2) is 46.5 Å². The van der Waals surface area contributed by atoms with Gasteiger partial charge in [0.25, 0.3) is 5.91 Å². The molecule has 1 aliphatic rings. The first kappa shape index (κ1) is 12.4. The average molecular weight is 271 g/mol. The standard InChI is InChI=1S/C11H13NO3S2/c1-12(7-4-5-16-6-7)10(13)8-2-3-9(17-8)11(14)15/h2-3,7H,4-6H2,1H3,(H,14,15). The van der Waals surface area contributed by atoms with Gasteiger partial charge in [0.05, 0.1) is 4.88 Å². The summed E-state index contributed by atoms with van der Waals surface area (Å²) in [6, 6.07) is 3.36. The summed E-state index contributed by atoms with van der Waals surface area (Å²) in [5.41, 5.74) is 0. The van der Waals surface area contributed by atoms with Gasteiger partial charge in [-0.1, -0.05) is 0 Å². The van der Waals surface area contributed by atoms with E-state index in [-0.39, 0.29) is 16.8 Å². The molecule has 6 heteroatoms. The number of aromatic carboxylic acids is 1. The Hall–Kier alpha value is -1.01. The molecule has 0 bridgehead atoms. The fourth-order valence-electron chi connectivity index (χ4n) is 1.73.